The van der Waals surface area contributed by atoms with Crippen LogP contribution in [0.25, 0.3) is 16.7 Å². The molecule has 0 bridgehead atoms. The summed E-state index contributed by atoms with van der Waals surface area (Å²) in [5.74, 6) is 0.264. The van der Waals surface area contributed by atoms with Gasteiger partial charge in [0.05, 0.1) is 11.9 Å². The average Bonchev–Trinajstić information content (AvgIpc) is 3.37. The summed E-state index contributed by atoms with van der Waals surface area (Å²) < 4.78 is 7.49. The normalized spacial score (nSPS) is 12.9. The molecule has 0 atom stereocenters. The van der Waals surface area contributed by atoms with Gasteiger partial charge in [0.1, 0.15) is 11.7 Å². The summed E-state index contributed by atoms with van der Waals surface area (Å²) in [6, 6.07) is 17.7. The minimum Gasteiger partial charge on any atom is -0.467 e. The molecule has 2 aromatic carbocycles. The second kappa shape index (κ2) is 6.77. The van der Waals surface area contributed by atoms with Crippen LogP contribution >= 0.6 is 0 Å². The van der Waals surface area contributed by atoms with Crippen molar-refractivity contribution < 1.29 is 9.53 Å². The first-order chi connectivity index (χ1) is 13.8. The maximum atomic E-state index is 12.7. The van der Waals surface area contributed by atoms with Crippen LogP contribution in [0.15, 0.2) is 67.1 Å². The Labute approximate surface area is 161 Å². The van der Waals surface area contributed by atoms with E-state index >= 15 is 0 Å². The SMILES string of the molecule is O=C(COc1ncnc2c1cnn2-c1ccccc1)N1CCc2ccccc21. The molecular formula is C21H17N5O2. The van der Waals surface area contributed by atoms with Gasteiger partial charge in [-0.1, -0.05) is 36.4 Å². The van der Waals surface area contributed by atoms with Gasteiger partial charge in [0.15, 0.2) is 12.3 Å². The van der Waals surface area contributed by atoms with Crippen molar-refractivity contribution in [3.05, 3.63) is 72.7 Å². The van der Waals surface area contributed by atoms with Crippen LogP contribution in [0.5, 0.6) is 5.88 Å². The lowest BCUT2D eigenvalue weighted by Gasteiger charge is -2.17. The molecule has 1 aliphatic heterocycles. The third-order valence-corrected chi connectivity index (χ3v) is 4.85. The van der Waals surface area contributed by atoms with Gasteiger partial charge in [0.25, 0.3) is 5.91 Å². The number of carbonyl (C=O) groups is 1. The number of hydrogen-bond acceptors (Lipinski definition) is 5. The first-order valence-electron chi connectivity index (χ1n) is 9.06. The Kier molecular flexibility index (Phi) is 3.97. The molecule has 7 nitrogen and oxygen atoms in total. The van der Waals surface area contributed by atoms with Gasteiger partial charge in [-0.15, -0.1) is 0 Å². The molecule has 0 N–H and O–H groups in total. The quantitative estimate of drug-likeness (QED) is 0.552. The van der Waals surface area contributed by atoms with Gasteiger partial charge in [0, 0.05) is 12.2 Å². The fourth-order valence-electron chi connectivity index (χ4n) is 3.50. The summed E-state index contributed by atoms with van der Waals surface area (Å²) >= 11 is 0. The van der Waals surface area contributed by atoms with Gasteiger partial charge in [-0.3, -0.25) is 4.79 Å². The van der Waals surface area contributed by atoms with Crippen LogP contribution in [0.2, 0.25) is 0 Å². The largest absolute Gasteiger partial charge is 0.467 e. The lowest BCUT2D eigenvalue weighted by molar-refractivity contribution is -0.120. The van der Waals surface area contributed by atoms with E-state index in [0.717, 1.165) is 17.8 Å². The van der Waals surface area contributed by atoms with Crippen LogP contribution in [0.1, 0.15) is 5.56 Å². The summed E-state index contributed by atoms with van der Waals surface area (Å²) in [5.41, 5.74) is 3.67. The van der Waals surface area contributed by atoms with Crippen molar-refractivity contribution >= 4 is 22.6 Å². The number of rotatable bonds is 4. The van der Waals surface area contributed by atoms with Gasteiger partial charge >= 0.3 is 0 Å². The van der Waals surface area contributed by atoms with Crippen molar-refractivity contribution in [2.24, 2.45) is 0 Å². The van der Waals surface area contributed by atoms with E-state index in [0.29, 0.717) is 23.5 Å². The fourth-order valence-corrected chi connectivity index (χ4v) is 3.50. The number of hydrogen-bond donors (Lipinski definition) is 0. The Morgan fingerprint density at radius 3 is 2.75 bits per heavy atom. The molecule has 3 heterocycles. The maximum Gasteiger partial charge on any atom is 0.264 e. The third-order valence-electron chi connectivity index (χ3n) is 4.85. The van der Waals surface area contributed by atoms with E-state index in [1.807, 2.05) is 48.5 Å². The van der Waals surface area contributed by atoms with E-state index in [2.05, 4.69) is 21.1 Å². The van der Waals surface area contributed by atoms with Crippen LogP contribution in [0, 0.1) is 0 Å². The molecule has 0 fully saturated rings. The number of amides is 1. The predicted octanol–water partition coefficient (Wildman–Crippen LogP) is 2.78. The number of para-hydroxylation sites is 2. The lowest BCUT2D eigenvalue weighted by atomic mass is 10.2. The number of aromatic nitrogens is 4. The number of nitrogens with zero attached hydrogens (tertiary/aromatic N) is 5. The molecular weight excluding hydrogens is 354 g/mol. The van der Waals surface area contributed by atoms with Crippen molar-refractivity contribution in [1.82, 2.24) is 19.7 Å². The average molecular weight is 371 g/mol. The van der Waals surface area contributed by atoms with Crippen LogP contribution < -0.4 is 9.64 Å². The van der Waals surface area contributed by atoms with Crippen LogP contribution in [0.3, 0.4) is 0 Å². The van der Waals surface area contributed by atoms with Gasteiger partial charge in [-0.2, -0.15) is 5.10 Å². The highest BCUT2D eigenvalue weighted by Crippen LogP contribution is 2.28. The molecule has 0 unspecified atom stereocenters. The van der Waals surface area contributed by atoms with Crippen LogP contribution in [0.4, 0.5) is 5.69 Å². The Morgan fingerprint density at radius 2 is 1.86 bits per heavy atom. The Balaban J connectivity index is 1.38. The van der Waals surface area contributed by atoms with E-state index in [1.165, 1.54) is 11.9 Å². The number of benzene rings is 2. The van der Waals surface area contributed by atoms with Crippen molar-refractivity contribution in [3.63, 3.8) is 0 Å². The van der Waals surface area contributed by atoms with E-state index in [9.17, 15) is 4.79 Å². The third kappa shape index (κ3) is 2.77. The lowest BCUT2D eigenvalue weighted by Crippen LogP contribution is -2.33. The zero-order valence-corrected chi connectivity index (χ0v) is 15.0. The highest BCUT2D eigenvalue weighted by Gasteiger charge is 2.24. The van der Waals surface area contributed by atoms with Crippen molar-refractivity contribution in [2.45, 2.75) is 6.42 Å². The molecule has 0 radical (unpaired) electrons. The monoisotopic (exact) mass is 371 g/mol. The van der Waals surface area contributed by atoms with Crippen LogP contribution in [-0.2, 0) is 11.2 Å². The van der Waals surface area contributed by atoms with Gasteiger partial charge in [-0.25, -0.2) is 14.6 Å². The number of anilines is 1. The molecule has 0 aliphatic carbocycles. The standard InChI is InChI=1S/C21H17N5O2/c27-19(25-11-10-15-6-4-5-9-18(15)25)13-28-21-17-12-24-26(20(17)22-14-23-21)16-7-2-1-3-8-16/h1-9,12,14H,10-11,13H2. The number of fused-ring (bicyclic) bond motifs is 2. The smallest absolute Gasteiger partial charge is 0.264 e. The second-order valence-electron chi connectivity index (χ2n) is 6.52. The maximum absolute atomic E-state index is 12.7. The fraction of sp³-hybridized carbons (Fsp3) is 0.143. The molecule has 4 aromatic rings. The highest BCUT2D eigenvalue weighted by atomic mass is 16.5. The highest BCUT2D eigenvalue weighted by molar-refractivity contribution is 5.96. The van der Waals surface area contributed by atoms with E-state index in [1.54, 1.807) is 15.8 Å². The van der Waals surface area contributed by atoms with Gasteiger partial charge < -0.3 is 9.64 Å². The van der Waals surface area contributed by atoms with E-state index in [-0.39, 0.29) is 12.5 Å². The van der Waals surface area contributed by atoms with Gasteiger partial charge in [-0.05, 0) is 30.2 Å². The number of carbonyl (C=O) groups excluding carboxylic acids is 1. The van der Waals surface area contributed by atoms with E-state index in [4.69, 9.17) is 4.74 Å². The molecule has 28 heavy (non-hydrogen) atoms. The molecule has 2 aromatic heterocycles. The Bertz CT molecular complexity index is 1160. The minimum absolute atomic E-state index is 0.0863. The molecule has 1 aliphatic rings. The zero-order chi connectivity index (χ0) is 18.9. The summed E-state index contributed by atoms with van der Waals surface area (Å²) in [6.45, 7) is 0.587. The van der Waals surface area contributed by atoms with Crippen molar-refractivity contribution in [3.8, 4) is 11.6 Å². The summed E-state index contributed by atoms with van der Waals surface area (Å²) in [5, 5.41) is 5.07. The first kappa shape index (κ1) is 16.4. The topological polar surface area (TPSA) is 73.1 Å². The Hall–Kier alpha value is -3.74. The Morgan fingerprint density at radius 1 is 1.04 bits per heavy atom. The summed E-state index contributed by atoms with van der Waals surface area (Å²) in [4.78, 5) is 23.0. The summed E-state index contributed by atoms with van der Waals surface area (Å²) in [7, 11) is 0. The molecule has 0 saturated heterocycles. The molecule has 1 amide bonds. The molecule has 0 spiro atoms. The first-order valence-corrected chi connectivity index (χ1v) is 9.06. The minimum atomic E-state index is -0.0906. The predicted molar refractivity (Wildman–Crippen MR) is 105 cm³/mol. The molecule has 138 valence electrons. The van der Waals surface area contributed by atoms with Gasteiger partial charge in [0.2, 0.25) is 5.88 Å². The number of ether oxygens (including phenoxy) is 1. The second-order valence-corrected chi connectivity index (χ2v) is 6.52. The van der Waals surface area contributed by atoms with Crippen molar-refractivity contribution in [1.29, 1.82) is 0 Å². The zero-order valence-electron chi connectivity index (χ0n) is 15.0. The molecule has 0 saturated carbocycles. The van der Waals surface area contributed by atoms with Crippen LogP contribution in [-0.4, -0.2) is 38.8 Å². The summed E-state index contributed by atoms with van der Waals surface area (Å²) in [6.07, 6.45) is 3.95. The molecule has 5 rings (SSSR count). The molecule has 7 heteroatoms. The van der Waals surface area contributed by atoms with E-state index < -0.39 is 0 Å². The van der Waals surface area contributed by atoms with Crippen molar-refractivity contribution in [2.75, 3.05) is 18.1 Å².